The number of nitrogens with one attached hydrogen (secondary N) is 1. The maximum atomic E-state index is 11.4. The van der Waals surface area contributed by atoms with Crippen molar-refractivity contribution in [3.63, 3.8) is 0 Å². The average molecular weight is 253 g/mol. The van der Waals surface area contributed by atoms with Gasteiger partial charge >= 0.3 is 0 Å². The second-order valence-electron chi connectivity index (χ2n) is 3.88. The summed E-state index contributed by atoms with van der Waals surface area (Å²) < 4.78 is 4.98. The molecule has 0 fully saturated rings. The number of aliphatic hydroxyl groups excluding tert-OH is 1. The fourth-order valence-corrected chi connectivity index (χ4v) is 1.53. The van der Waals surface area contributed by atoms with Crippen LogP contribution in [0, 0.1) is 0 Å². The number of carbonyl (C=O) groups is 1. The van der Waals surface area contributed by atoms with Crippen LogP contribution < -0.4 is 5.32 Å². The zero-order chi connectivity index (χ0) is 13.5. The molecule has 1 rings (SSSR count). The molecule has 0 aliphatic heterocycles. The average Bonchev–Trinajstić information content (AvgIpc) is 2.29. The van der Waals surface area contributed by atoms with Gasteiger partial charge < -0.3 is 20.3 Å². The lowest BCUT2D eigenvalue weighted by Gasteiger charge is -2.13. The molecule has 1 amide bonds. The summed E-state index contributed by atoms with van der Waals surface area (Å²) in [4.78, 5) is 11.4. The SMILES string of the molecule is CCCC(=O)Nc1ccc(C(O)OCC)c(O)c1. The molecule has 1 aromatic rings. The number of rotatable bonds is 6. The molecule has 0 radical (unpaired) electrons. The number of benzene rings is 1. The van der Waals surface area contributed by atoms with E-state index in [1.807, 2.05) is 6.92 Å². The Balaban J connectivity index is 2.76. The van der Waals surface area contributed by atoms with Gasteiger partial charge in [-0.25, -0.2) is 0 Å². The van der Waals surface area contributed by atoms with E-state index >= 15 is 0 Å². The molecule has 0 saturated carbocycles. The molecule has 5 heteroatoms. The normalized spacial score (nSPS) is 12.2. The molecule has 100 valence electrons. The van der Waals surface area contributed by atoms with Gasteiger partial charge in [0.05, 0.1) is 0 Å². The molecule has 3 N–H and O–H groups in total. The summed E-state index contributed by atoms with van der Waals surface area (Å²) in [5.41, 5.74) is 0.781. The van der Waals surface area contributed by atoms with Gasteiger partial charge in [-0.15, -0.1) is 0 Å². The zero-order valence-corrected chi connectivity index (χ0v) is 10.6. The van der Waals surface area contributed by atoms with Gasteiger partial charge in [-0.05, 0) is 25.5 Å². The number of aromatic hydroxyl groups is 1. The first kappa shape index (κ1) is 14.5. The molecular formula is C13H19NO4. The van der Waals surface area contributed by atoms with Gasteiger partial charge in [0.1, 0.15) is 5.75 Å². The topological polar surface area (TPSA) is 78.8 Å². The molecule has 0 bridgehead atoms. The van der Waals surface area contributed by atoms with Crippen LogP contribution in [0.2, 0.25) is 0 Å². The van der Waals surface area contributed by atoms with Gasteiger partial charge in [-0.2, -0.15) is 0 Å². The second-order valence-corrected chi connectivity index (χ2v) is 3.88. The molecule has 1 aromatic carbocycles. The van der Waals surface area contributed by atoms with Crippen LogP contribution in [0.15, 0.2) is 18.2 Å². The first-order valence-corrected chi connectivity index (χ1v) is 6.00. The predicted octanol–water partition coefficient (Wildman–Crippen LogP) is 2.16. The number of amides is 1. The molecule has 5 nitrogen and oxygen atoms in total. The Kier molecular flexibility index (Phi) is 5.61. The van der Waals surface area contributed by atoms with Crippen LogP contribution in [-0.4, -0.2) is 22.7 Å². The highest BCUT2D eigenvalue weighted by Crippen LogP contribution is 2.28. The van der Waals surface area contributed by atoms with Gasteiger partial charge in [0.25, 0.3) is 0 Å². The van der Waals surface area contributed by atoms with E-state index in [9.17, 15) is 15.0 Å². The highest BCUT2D eigenvalue weighted by Gasteiger charge is 2.13. The maximum Gasteiger partial charge on any atom is 0.224 e. The summed E-state index contributed by atoms with van der Waals surface area (Å²) >= 11 is 0. The molecule has 0 heterocycles. The maximum absolute atomic E-state index is 11.4. The lowest BCUT2D eigenvalue weighted by molar-refractivity contribution is -0.116. The molecule has 0 aliphatic rings. The predicted molar refractivity (Wildman–Crippen MR) is 68.2 cm³/mol. The number of anilines is 1. The van der Waals surface area contributed by atoms with Crippen LogP contribution in [0.5, 0.6) is 5.75 Å². The van der Waals surface area contributed by atoms with Crippen molar-refractivity contribution < 1.29 is 19.7 Å². The highest BCUT2D eigenvalue weighted by molar-refractivity contribution is 5.90. The van der Waals surface area contributed by atoms with Gasteiger partial charge in [0, 0.05) is 30.3 Å². The molecule has 1 atom stereocenters. The summed E-state index contributed by atoms with van der Waals surface area (Å²) in [5, 5.41) is 22.0. The van der Waals surface area contributed by atoms with E-state index in [1.54, 1.807) is 13.0 Å². The molecule has 1 unspecified atom stereocenters. The van der Waals surface area contributed by atoms with Gasteiger partial charge in [0.2, 0.25) is 5.91 Å². The van der Waals surface area contributed by atoms with E-state index in [1.165, 1.54) is 12.1 Å². The van der Waals surface area contributed by atoms with Crippen LogP contribution in [0.25, 0.3) is 0 Å². The summed E-state index contributed by atoms with van der Waals surface area (Å²) in [6.45, 7) is 4.01. The highest BCUT2D eigenvalue weighted by atomic mass is 16.6. The summed E-state index contributed by atoms with van der Waals surface area (Å²) in [7, 11) is 0. The first-order valence-electron chi connectivity index (χ1n) is 6.00. The van der Waals surface area contributed by atoms with Crippen LogP contribution in [0.1, 0.15) is 38.5 Å². The quantitative estimate of drug-likeness (QED) is 0.679. The van der Waals surface area contributed by atoms with Gasteiger partial charge in [-0.3, -0.25) is 4.79 Å². The number of hydrogen-bond acceptors (Lipinski definition) is 4. The summed E-state index contributed by atoms with van der Waals surface area (Å²) in [6.07, 6.45) is 0.0404. The fraction of sp³-hybridized carbons (Fsp3) is 0.462. The van der Waals surface area contributed by atoms with Crippen molar-refractivity contribution in [2.24, 2.45) is 0 Å². The van der Waals surface area contributed by atoms with Crippen molar-refractivity contribution in [3.8, 4) is 5.75 Å². The standard InChI is InChI=1S/C13H19NO4/c1-3-5-12(16)14-9-6-7-10(11(15)8-9)13(17)18-4-2/h6-8,13,15,17H,3-5H2,1-2H3,(H,14,16). The van der Waals surface area contributed by atoms with Crippen LogP contribution in [0.4, 0.5) is 5.69 Å². The van der Waals surface area contributed by atoms with E-state index in [-0.39, 0.29) is 17.2 Å². The van der Waals surface area contributed by atoms with Crippen molar-refractivity contribution >= 4 is 11.6 Å². The van der Waals surface area contributed by atoms with E-state index < -0.39 is 6.29 Å². The minimum atomic E-state index is -1.16. The Morgan fingerprint density at radius 3 is 2.72 bits per heavy atom. The number of carbonyl (C=O) groups excluding carboxylic acids is 1. The van der Waals surface area contributed by atoms with Crippen molar-refractivity contribution in [2.75, 3.05) is 11.9 Å². The number of phenolic OH excluding ortho intramolecular Hbond substituents is 1. The van der Waals surface area contributed by atoms with Gasteiger partial charge in [-0.1, -0.05) is 6.92 Å². The van der Waals surface area contributed by atoms with Gasteiger partial charge in [0.15, 0.2) is 6.29 Å². The third-order valence-corrected chi connectivity index (χ3v) is 2.38. The molecule has 18 heavy (non-hydrogen) atoms. The Bertz CT molecular complexity index is 406. The Labute approximate surface area is 106 Å². The molecule has 0 saturated heterocycles. The summed E-state index contributed by atoms with van der Waals surface area (Å²) in [5.74, 6) is -0.208. The van der Waals surface area contributed by atoms with Crippen molar-refractivity contribution in [1.29, 1.82) is 0 Å². The number of aliphatic hydroxyl groups is 1. The van der Waals surface area contributed by atoms with E-state index in [0.29, 0.717) is 18.7 Å². The lowest BCUT2D eigenvalue weighted by Crippen LogP contribution is -2.11. The molecular weight excluding hydrogens is 234 g/mol. The van der Waals surface area contributed by atoms with Crippen molar-refractivity contribution in [1.82, 2.24) is 0 Å². The van der Waals surface area contributed by atoms with Crippen LogP contribution in [-0.2, 0) is 9.53 Å². The number of ether oxygens (including phenoxy) is 1. The second kappa shape index (κ2) is 6.98. The monoisotopic (exact) mass is 253 g/mol. The van der Waals surface area contributed by atoms with E-state index in [2.05, 4.69) is 5.32 Å². The zero-order valence-electron chi connectivity index (χ0n) is 10.6. The molecule has 0 spiro atoms. The Morgan fingerprint density at radius 1 is 1.44 bits per heavy atom. The fourth-order valence-electron chi connectivity index (χ4n) is 1.53. The van der Waals surface area contributed by atoms with Crippen molar-refractivity contribution in [3.05, 3.63) is 23.8 Å². The minimum Gasteiger partial charge on any atom is -0.507 e. The van der Waals surface area contributed by atoms with E-state index in [4.69, 9.17) is 4.74 Å². The lowest BCUT2D eigenvalue weighted by atomic mass is 10.1. The van der Waals surface area contributed by atoms with E-state index in [0.717, 1.165) is 6.42 Å². The van der Waals surface area contributed by atoms with Crippen molar-refractivity contribution in [2.45, 2.75) is 33.0 Å². The molecule has 0 aliphatic carbocycles. The largest absolute Gasteiger partial charge is 0.507 e. The minimum absolute atomic E-state index is 0.102. The molecule has 0 aromatic heterocycles. The smallest absolute Gasteiger partial charge is 0.224 e. The number of phenols is 1. The summed E-state index contributed by atoms with van der Waals surface area (Å²) in [6, 6.07) is 4.53. The number of hydrogen-bond donors (Lipinski definition) is 3. The van der Waals surface area contributed by atoms with Crippen LogP contribution in [0.3, 0.4) is 0 Å². The third kappa shape index (κ3) is 4.01. The third-order valence-electron chi connectivity index (χ3n) is 2.38. The Morgan fingerprint density at radius 2 is 2.17 bits per heavy atom. The first-order chi connectivity index (χ1) is 8.58. The Hall–Kier alpha value is -1.59. The van der Waals surface area contributed by atoms with Crippen LogP contribution >= 0.6 is 0 Å².